The molecule has 122 valence electrons. The van der Waals surface area contributed by atoms with E-state index in [4.69, 9.17) is 0 Å². The number of hydrogen-bond donors (Lipinski definition) is 3. The molecule has 0 aliphatic carbocycles. The topological polar surface area (TPSA) is 61.4 Å². The maximum Gasteiger partial charge on any atom is 0.220 e. The van der Waals surface area contributed by atoms with Gasteiger partial charge in [-0.05, 0) is 50.4 Å². The van der Waals surface area contributed by atoms with Crippen LogP contribution in [0.2, 0.25) is 0 Å². The summed E-state index contributed by atoms with van der Waals surface area (Å²) in [4.78, 5) is 11.8. The minimum Gasteiger partial charge on any atom is -0.386 e. The van der Waals surface area contributed by atoms with Crippen LogP contribution in [-0.2, 0) is 4.79 Å². The van der Waals surface area contributed by atoms with E-state index in [9.17, 15) is 18.7 Å². The fourth-order valence-electron chi connectivity index (χ4n) is 2.74. The molecule has 4 nitrogen and oxygen atoms in total. The minimum absolute atomic E-state index is 0.192. The molecule has 0 radical (unpaired) electrons. The van der Waals surface area contributed by atoms with Gasteiger partial charge < -0.3 is 15.7 Å². The van der Waals surface area contributed by atoms with E-state index in [1.54, 1.807) is 0 Å². The number of carbonyl (C=O) groups is 1. The Morgan fingerprint density at radius 1 is 1.32 bits per heavy atom. The summed E-state index contributed by atoms with van der Waals surface area (Å²) in [6.07, 6.45) is 1.92. The predicted molar refractivity (Wildman–Crippen MR) is 79.2 cm³/mol. The molecule has 1 atom stereocenters. The Bertz CT molecular complexity index is 485. The van der Waals surface area contributed by atoms with Gasteiger partial charge in [-0.2, -0.15) is 0 Å². The van der Waals surface area contributed by atoms with Crippen molar-refractivity contribution in [2.24, 2.45) is 5.92 Å². The average Bonchev–Trinajstić information content (AvgIpc) is 2.52. The molecule has 6 heteroatoms. The number of benzene rings is 1. The lowest BCUT2D eigenvalue weighted by Gasteiger charge is -2.22. The second-order valence-corrected chi connectivity index (χ2v) is 5.69. The fourth-order valence-corrected chi connectivity index (χ4v) is 2.74. The first-order valence-corrected chi connectivity index (χ1v) is 7.67. The summed E-state index contributed by atoms with van der Waals surface area (Å²) < 4.78 is 27.0. The van der Waals surface area contributed by atoms with Crippen LogP contribution in [0.25, 0.3) is 0 Å². The number of nitrogens with one attached hydrogen (secondary N) is 2. The maximum absolute atomic E-state index is 13.5. The van der Waals surface area contributed by atoms with Gasteiger partial charge in [0.25, 0.3) is 0 Å². The highest BCUT2D eigenvalue weighted by molar-refractivity contribution is 5.75. The van der Waals surface area contributed by atoms with Crippen LogP contribution in [0.5, 0.6) is 0 Å². The second kappa shape index (κ2) is 8.19. The number of halogens is 2. The van der Waals surface area contributed by atoms with Crippen LogP contribution < -0.4 is 10.6 Å². The highest BCUT2D eigenvalue weighted by Crippen LogP contribution is 2.20. The molecule has 1 saturated heterocycles. The molecule has 1 aromatic rings. The van der Waals surface area contributed by atoms with E-state index in [0.717, 1.165) is 44.5 Å². The van der Waals surface area contributed by atoms with Crippen molar-refractivity contribution in [3.8, 4) is 0 Å². The van der Waals surface area contributed by atoms with Crippen LogP contribution in [0.1, 0.15) is 37.4 Å². The predicted octanol–water partition coefficient (Wildman–Crippen LogP) is 1.89. The van der Waals surface area contributed by atoms with Crippen molar-refractivity contribution in [3.63, 3.8) is 0 Å². The lowest BCUT2D eigenvalue weighted by atomic mass is 9.93. The largest absolute Gasteiger partial charge is 0.386 e. The summed E-state index contributed by atoms with van der Waals surface area (Å²) in [5.41, 5.74) is -0.402. The van der Waals surface area contributed by atoms with Gasteiger partial charge in [0.15, 0.2) is 0 Å². The van der Waals surface area contributed by atoms with Crippen molar-refractivity contribution in [2.75, 3.05) is 19.6 Å². The highest BCUT2D eigenvalue weighted by atomic mass is 19.1. The first-order chi connectivity index (χ1) is 10.6. The maximum atomic E-state index is 13.5. The number of carbonyl (C=O) groups excluding carboxylic acids is 1. The molecular weight excluding hydrogens is 290 g/mol. The Labute approximate surface area is 128 Å². The van der Waals surface area contributed by atoms with E-state index in [0.29, 0.717) is 12.3 Å². The third-order valence-corrected chi connectivity index (χ3v) is 4.06. The summed E-state index contributed by atoms with van der Waals surface area (Å²) in [6, 6.07) is 3.40. The van der Waals surface area contributed by atoms with Gasteiger partial charge in [0.2, 0.25) is 5.91 Å². The molecule has 1 aliphatic rings. The molecular formula is C16H22F2N2O2. The number of piperidine rings is 1. The number of aliphatic hydroxyl groups excluding tert-OH is 1. The zero-order valence-electron chi connectivity index (χ0n) is 12.4. The third-order valence-electron chi connectivity index (χ3n) is 4.06. The van der Waals surface area contributed by atoms with E-state index in [2.05, 4.69) is 10.6 Å². The highest BCUT2D eigenvalue weighted by Gasteiger charge is 2.19. The van der Waals surface area contributed by atoms with Gasteiger partial charge in [-0.3, -0.25) is 4.79 Å². The average molecular weight is 312 g/mol. The summed E-state index contributed by atoms with van der Waals surface area (Å²) in [7, 11) is 0. The molecule has 1 aromatic carbocycles. The van der Waals surface area contributed by atoms with Crippen molar-refractivity contribution >= 4 is 5.91 Å². The third kappa shape index (κ3) is 4.74. The van der Waals surface area contributed by atoms with Crippen LogP contribution >= 0.6 is 0 Å². The monoisotopic (exact) mass is 312 g/mol. The van der Waals surface area contributed by atoms with E-state index in [1.165, 1.54) is 6.07 Å². The van der Waals surface area contributed by atoms with Gasteiger partial charge in [-0.1, -0.05) is 6.07 Å². The van der Waals surface area contributed by atoms with E-state index in [1.807, 2.05) is 0 Å². The van der Waals surface area contributed by atoms with Crippen LogP contribution in [0, 0.1) is 17.6 Å². The minimum atomic E-state index is -1.39. The van der Waals surface area contributed by atoms with E-state index in [-0.39, 0.29) is 12.5 Å². The summed E-state index contributed by atoms with van der Waals surface area (Å²) in [6.45, 7) is 1.78. The Hall–Kier alpha value is -1.53. The standard InChI is InChI=1S/C16H22F2N2O2/c17-12-2-1-3-13(18)16(12)14(21)10-20-15(22)5-4-11-6-8-19-9-7-11/h1-3,11,14,19,21H,4-10H2,(H,20,22). The van der Waals surface area contributed by atoms with Gasteiger partial charge in [-0.25, -0.2) is 8.78 Å². The Morgan fingerprint density at radius 2 is 1.95 bits per heavy atom. The summed E-state index contributed by atoms with van der Waals surface area (Å²) >= 11 is 0. The van der Waals surface area contributed by atoms with Crippen molar-refractivity contribution < 1.29 is 18.7 Å². The van der Waals surface area contributed by atoms with Crippen molar-refractivity contribution in [1.29, 1.82) is 0 Å². The molecule has 1 amide bonds. The quantitative estimate of drug-likeness (QED) is 0.752. The summed E-state index contributed by atoms with van der Waals surface area (Å²) in [5.74, 6) is -1.27. The van der Waals surface area contributed by atoms with Crippen LogP contribution in [0.4, 0.5) is 8.78 Å². The van der Waals surface area contributed by atoms with Crippen molar-refractivity contribution in [2.45, 2.75) is 31.8 Å². The van der Waals surface area contributed by atoms with Crippen LogP contribution in [-0.4, -0.2) is 30.6 Å². The lowest BCUT2D eigenvalue weighted by molar-refractivity contribution is -0.121. The molecule has 3 N–H and O–H groups in total. The number of aliphatic hydroxyl groups is 1. The first-order valence-electron chi connectivity index (χ1n) is 7.67. The SMILES string of the molecule is O=C(CCC1CCNCC1)NCC(O)c1c(F)cccc1F. The molecule has 0 aromatic heterocycles. The Kier molecular flexibility index (Phi) is 6.27. The molecule has 22 heavy (non-hydrogen) atoms. The molecule has 0 bridgehead atoms. The Balaban J connectivity index is 1.75. The number of amides is 1. The summed E-state index contributed by atoms with van der Waals surface area (Å²) in [5, 5.41) is 15.6. The zero-order chi connectivity index (χ0) is 15.9. The second-order valence-electron chi connectivity index (χ2n) is 5.69. The lowest BCUT2D eigenvalue weighted by Crippen LogP contribution is -2.31. The van der Waals surface area contributed by atoms with E-state index < -0.39 is 23.3 Å². The van der Waals surface area contributed by atoms with Crippen molar-refractivity contribution in [3.05, 3.63) is 35.4 Å². The molecule has 1 fully saturated rings. The molecule has 1 aliphatic heterocycles. The van der Waals surface area contributed by atoms with Gasteiger partial charge >= 0.3 is 0 Å². The molecule has 2 rings (SSSR count). The number of rotatable bonds is 6. The van der Waals surface area contributed by atoms with Crippen LogP contribution in [0.3, 0.4) is 0 Å². The number of hydrogen-bond acceptors (Lipinski definition) is 3. The zero-order valence-corrected chi connectivity index (χ0v) is 12.4. The Morgan fingerprint density at radius 3 is 2.59 bits per heavy atom. The van der Waals surface area contributed by atoms with Gasteiger partial charge in [-0.15, -0.1) is 0 Å². The van der Waals surface area contributed by atoms with E-state index >= 15 is 0 Å². The van der Waals surface area contributed by atoms with Gasteiger partial charge in [0, 0.05) is 13.0 Å². The molecule has 0 spiro atoms. The molecule has 1 heterocycles. The van der Waals surface area contributed by atoms with Crippen molar-refractivity contribution in [1.82, 2.24) is 10.6 Å². The van der Waals surface area contributed by atoms with Crippen LogP contribution in [0.15, 0.2) is 18.2 Å². The first kappa shape index (κ1) is 16.8. The molecule has 1 unspecified atom stereocenters. The molecule has 0 saturated carbocycles. The van der Waals surface area contributed by atoms with Gasteiger partial charge in [0.1, 0.15) is 17.7 Å². The smallest absolute Gasteiger partial charge is 0.220 e. The normalized spacial score (nSPS) is 17.2. The fraction of sp³-hybridized carbons (Fsp3) is 0.562. The van der Waals surface area contributed by atoms with Gasteiger partial charge in [0.05, 0.1) is 5.56 Å².